The van der Waals surface area contributed by atoms with Crippen molar-refractivity contribution in [3.8, 4) is 0 Å². The van der Waals surface area contributed by atoms with E-state index in [0.29, 0.717) is 69.5 Å². The highest BCUT2D eigenvalue weighted by atomic mass is 16.7. The van der Waals surface area contributed by atoms with Crippen molar-refractivity contribution in [1.82, 2.24) is 40.7 Å². The Hall–Kier alpha value is -5.93. The first-order chi connectivity index (χ1) is 36.5. The van der Waals surface area contributed by atoms with Crippen molar-refractivity contribution in [2.45, 2.75) is 180 Å². The van der Waals surface area contributed by atoms with Gasteiger partial charge in [-0.1, -0.05) is 73.1 Å². The van der Waals surface area contributed by atoms with Crippen LogP contribution in [0.1, 0.15) is 131 Å². The number of para-hydroxylation sites is 1. The summed E-state index contributed by atoms with van der Waals surface area (Å²) in [6.07, 6.45) is 5.13. The van der Waals surface area contributed by atoms with Gasteiger partial charge in [0, 0.05) is 76.6 Å². The number of primary amides is 1. The second-order valence-electron chi connectivity index (χ2n) is 22.2. The van der Waals surface area contributed by atoms with Crippen LogP contribution in [0.5, 0.6) is 0 Å². The third kappa shape index (κ3) is 15.9. The maximum Gasteiger partial charge on any atom is 0.336 e. The second-order valence-corrected chi connectivity index (χ2v) is 22.2. The van der Waals surface area contributed by atoms with Crippen LogP contribution in [0.2, 0.25) is 0 Å². The number of hydroxylamine groups is 2. The molecule has 21 heteroatoms. The van der Waals surface area contributed by atoms with Crippen LogP contribution in [0.15, 0.2) is 30.5 Å². The van der Waals surface area contributed by atoms with E-state index in [1.165, 1.54) is 14.2 Å². The SMILES string of the molecule is CCC(C)C(C(CC(=O)N1CCC[C@H]1C(OC)C(C)C(=O)NC(Cc1c[nH]c2ccccc12)C(N)=O)OC)N(C)C(=O)C(NC(=O)C(C(C)C)N(C)CCCC(=O)N[C@H]1CC[C@H](C(=O)ON2C(=O)CCC2=O)CC1)C(C)C. The van der Waals surface area contributed by atoms with E-state index in [9.17, 15) is 43.2 Å². The minimum absolute atomic E-state index is 0.0251. The Labute approximate surface area is 454 Å². The molecule has 8 amide bonds. The number of aromatic nitrogens is 1. The molecule has 0 spiro atoms. The standard InChI is InChI=1S/C56H87N9O12/c1-12-34(6)50(43(75-10)30-47(69)64-28-15-19-42(64)51(76-11)35(7)53(71)60-41(52(57)70)29-37-31-58-40-18-14-13-17-39(37)40)63(9)55(73)48(32(2)3)61-54(72)49(33(4)5)62(8)27-16-20-44(66)59-38-23-21-36(22-24-38)56(74)77-65-45(67)25-26-46(65)68/h13-14,17-18,31-36,38,41-43,48-51,58H,12,15-16,19-30H2,1-11H3,(H2,57,70)(H,59,66)(H,60,71)(H,61,72)/t34?,35?,36-,38-,41?,42-,43?,48?,49?,50?,51?/m0/s1. The topological polar surface area (TPSA) is 272 Å². The molecule has 1 aromatic heterocycles. The fourth-order valence-electron chi connectivity index (χ4n) is 11.6. The number of imide groups is 1. The smallest absolute Gasteiger partial charge is 0.336 e. The lowest BCUT2D eigenvalue weighted by Gasteiger charge is -2.41. The van der Waals surface area contributed by atoms with E-state index < -0.39 is 83.9 Å². The molecule has 21 nitrogen and oxygen atoms in total. The summed E-state index contributed by atoms with van der Waals surface area (Å²) in [4.78, 5) is 133. The average Bonchev–Trinajstić information content (AvgIpc) is 4.14. The number of hydrogen-bond acceptors (Lipinski definition) is 13. The summed E-state index contributed by atoms with van der Waals surface area (Å²) in [5, 5.41) is 10.5. The molecule has 3 fully saturated rings. The molecule has 2 aromatic rings. The van der Waals surface area contributed by atoms with Crippen LogP contribution >= 0.6 is 0 Å². The van der Waals surface area contributed by atoms with Crippen LogP contribution in [0.3, 0.4) is 0 Å². The summed E-state index contributed by atoms with van der Waals surface area (Å²) in [6.45, 7) is 14.2. The van der Waals surface area contributed by atoms with Gasteiger partial charge in [-0.3, -0.25) is 43.3 Å². The number of ether oxygens (including phenoxy) is 2. The molecule has 3 aliphatic rings. The molecule has 428 valence electrons. The number of nitrogens with one attached hydrogen (secondary N) is 4. The fourth-order valence-corrected chi connectivity index (χ4v) is 11.6. The van der Waals surface area contributed by atoms with Crippen LogP contribution in [-0.2, 0) is 63.9 Å². The van der Waals surface area contributed by atoms with E-state index in [1.807, 2.05) is 77.8 Å². The molecule has 5 rings (SSSR count). The Morgan fingerprint density at radius 2 is 1.52 bits per heavy atom. The first kappa shape index (κ1) is 61.9. The highest BCUT2D eigenvalue weighted by molar-refractivity contribution is 6.01. The van der Waals surface area contributed by atoms with Gasteiger partial charge in [-0.2, -0.15) is 0 Å². The monoisotopic (exact) mass is 1080 g/mol. The lowest BCUT2D eigenvalue weighted by atomic mass is 9.86. The number of amides is 8. The number of benzene rings is 1. The Morgan fingerprint density at radius 3 is 2.12 bits per heavy atom. The van der Waals surface area contributed by atoms with Crippen LogP contribution in [0.4, 0.5) is 0 Å². The van der Waals surface area contributed by atoms with Gasteiger partial charge in [0.2, 0.25) is 35.4 Å². The number of likely N-dealkylation sites (tertiary alicyclic amines) is 1. The van der Waals surface area contributed by atoms with Gasteiger partial charge in [0.15, 0.2) is 0 Å². The zero-order chi connectivity index (χ0) is 56.8. The quantitative estimate of drug-likeness (QED) is 0.0761. The lowest BCUT2D eigenvalue weighted by Crippen LogP contribution is -2.60. The van der Waals surface area contributed by atoms with E-state index in [1.54, 1.807) is 30.0 Å². The van der Waals surface area contributed by atoms with Crippen LogP contribution < -0.4 is 21.7 Å². The summed E-state index contributed by atoms with van der Waals surface area (Å²) >= 11 is 0. The number of carbonyl (C=O) groups is 9. The minimum Gasteiger partial charge on any atom is -0.379 e. The predicted molar refractivity (Wildman–Crippen MR) is 288 cm³/mol. The molecule has 1 aliphatic carbocycles. The molecular formula is C56H87N9O12. The average molecular weight is 1080 g/mol. The number of hydrogen-bond donors (Lipinski definition) is 5. The highest BCUT2D eigenvalue weighted by Gasteiger charge is 2.44. The van der Waals surface area contributed by atoms with E-state index >= 15 is 0 Å². The number of fused-ring (bicyclic) bond motifs is 1. The van der Waals surface area contributed by atoms with Gasteiger partial charge >= 0.3 is 5.97 Å². The number of aromatic amines is 1. The summed E-state index contributed by atoms with van der Waals surface area (Å²) in [5.41, 5.74) is 7.55. The predicted octanol–water partition coefficient (Wildman–Crippen LogP) is 3.76. The Balaban J connectivity index is 1.16. The van der Waals surface area contributed by atoms with E-state index in [-0.39, 0.29) is 79.5 Å². The molecule has 8 unspecified atom stereocenters. The second kappa shape index (κ2) is 28.6. The van der Waals surface area contributed by atoms with Gasteiger partial charge in [-0.05, 0) is 87.9 Å². The van der Waals surface area contributed by atoms with Crippen molar-refractivity contribution >= 4 is 64.1 Å². The van der Waals surface area contributed by atoms with Gasteiger partial charge in [0.25, 0.3) is 11.8 Å². The molecule has 2 saturated heterocycles. The van der Waals surface area contributed by atoms with E-state index in [4.69, 9.17) is 20.0 Å². The summed E-state index contributed by atoms with van der Waals surface area (Å²) < 4.78 is 12.1. The zero-order valence-electron chi connectivity index (χ0n) is 47.3. The van der Waals surface area contributed by atoms with E-state index in [0.717, 1.165) is 16.5 Å². The summed E-state index contributed by atoms with van der Waals surface area (Å²) in [5.74, 6) is -5.59. The molecule has 1 aromatic carbocycles. The van der Waals surface area contributed by atoms with Gasteiger partial charge in [-0.25, -0.2) is 4.79 Å². The molecule has 0 radical (unpaired) electrons. The molecular weight excluding hydrogens is 991 g/mol. The van der Waals surface area contributed by atoms with Crippen molar-refractivity contribution in [1.29, 1.82) is 0 Å². The first-order valence-electron chi connectivity index (χ1n) is 27.7. The maximum absolute atomic E-state index is 14.7. The van der Waals surface area contributed by atoms with Gasteiger partial charge in [-0.15, -0.1) is 5.06 Å². The van der Waals surface area contributed by atoms with Crippen molar-refractivity contribution in [3.05, 3.63) is 36.0 Å². The number of carbonyl (C=O) groups excluding carboxylic acids is 9. The Morgan fingerprint density at radius 1 is 0.857 bits per heavy atom. The molecule has 1 saturated carbocycles. The molecule has 3 heterocycles. The third-order valence-corrected chi connectivity index (χ3v) is 16.2. The number of rotatable bonds is 28. The fraction of sp³-hybridized carbons (Fsp3) is 0.696. The highest BCUT2D eigenvalue weighted by Crippen LogP contribution is 2.31. The zero-order valence-corrected chi connectivity index (χ0v) is 47.3. The maximum atomic E-state index is 14.7. The van der Waals surface area contributed by atoms with E-state index in [2.05, 4.69) is 20.9 Å². The minimum atomic E-state index is -0.985. The van der Waals surface area contributed by atoms with Gasteiger partial charge < -0.3 is 50.8 Å². The van der Waals surface area contributed by atoms with Gasteiger partial charge in [0.1, 0.15) is 12.1 Å². The molecule has 6 N–H and O–H groups in total. The largest absolute Gasteiger partial charge is 0.379 e. The van der Waals surface area contributed by atoms with Gasteiger partial charge in [0.05, 0.1) is 48.6 Å². The summed E-state index contributed by atoms with van der Waals surface area (Å²) in [7, 11) is 6.54. The van der Waals surface area contributed by atoms with Crippen LogP contribution in [0, 0.1) is 29.6 Å². The number of H-pyrrole nitrogens is 1. The normalized spacial score (nSPS) is 21.1. The summed E-state index contributed by atoms with van der Waals surface area (Å²) in [6, 6.07) is 3.99. The third-order valence-electron chi connectivity index (χ3n) is 16.2. The first-order valence-corrected chi connectivity index (χ1v) is 27.7. The molecule has 9 atom stereocenters. The van der Waals surface area contributed by atoms with Crippen LogP contribution in [-0.4, -0.2) is 168 Å². The number of likely N-dealkylation sites (N-methyl/N-ethyl adjacent to an activating group) is 2. The molecule has 0 bridgehead atoms. The Bertz CT molecular complexity index is 2370. The number of nitrogens with two attached hydrogens (primary N) is 1. The number of nitrogens with zero attached hydrogens (tertiary/aromatic N) is 4. The lowest BCUT2D eigenvalue weighted by molar-refractivity contribution is -0.201. The number of methoxy groups -OCH3 is 2. The van der Waals surface area contributed by atoms with Crippen molar-refractivity contribution in [3.63, 3.8) is 0 Å². The molecule has 2 aliphatic heterocycles. The van der Waals surface area contributed by atoms with Crippen molar-refractivity contribution in [2.75, 3.05) is 41.4 Å². The molecule has 77 heavy (non-hydrogen) atoms. The van der Waals surface area contributed by atoms with Crippen molar-refractivity contribution < 1.29 is 57.5 Å². The van der Waals surface area contributed by atoms with Crippen LogP contribution in [0.25, 0.3) is 10.9 Å². The Kier molecular flexibility index (Phi) is 23.0. The van der Waals surface area contributed by atoms with Crippen molar-refractivity contribution in [2.24, 2.45) is 35.3 Å².